The molecule has 0 aromatic heterocycles. The number of carbonyl (C=O) groups excluding carboxylic acids is 1. The van der Waals surface area contributed by atoms with Crippen molar-refractivity contribution in [3.8, 4) is 0 Å². The van der Waals surface area contributed by atoms with Gasteiger partial charge in [-0.05, 0) is 34.6 Å². The van der Waals surface area contributed by atoms with Crippen LogP contribution in [0.25, 0.3) is 0 Å². The van der Waals surface area contributed by atoms with Crippen LogP contribution in [0.2, 0.25) is 0 Å². The summed E-state index contributed by atoms with van der Waals surface area (Å²) in [5.41, 5.74) is -0.459. The summed E-state index contributed by atoms with van der Waals surface area (Å²) >= 11 is 0. The highest BCUT2D eigenvalue weighted by molar-refractivity contribution is 5.68. The molecule has 0 spiro atoms. The fourth-order valence-corrected chi connectivity index (χ4v) is 1.61. The maximum atomic E-state index is 11.9. The highest BCUT2D eigenvalue weighted by atomic mass is 16.6. The third-order valence-corrected chi connectivity index (χ3v) is 2.41. The molecule has 1 amide bonds. The standard InChI is InChI=1S/C13H25NO4/c1-10(2)17-9-11-8-14(6-7-16-11)12(15)18-13(3,4)5/h10-11H,6-9H2,1-5H3. The van der Waals surface area contributed by atoms with Gasteiger partial charge in [0.1, 0.15) is 5.60 Å². The summed E-state index contributed by atoms with van der Waals surface area (Å²) in [4.78, 5) is 13.6. The molecule has 106 valence electrons. The number of hydrogen-bond acceptors (Lipinski definition) is 4. The van der Waals surface area contributed by atoms with Gasteiger partial charge in [-0.3, -0.25) is 0 Å². The summed E-state index contributed by atoms with van der Waals surface area (Å²) in [5, 5.41) is 0. The van der Waals surface area contributed by atoms with Crippen LogP contribution in [0.1, 0.15) is 34.6 Å². The molecule has 5 nitrogen and oxygen atoms in total. The average Bonchev–Trinajstić information content (AvgIpc) is 2.24. The van der Waals surface area contributed by atoms with Crippen LogP contribution in [0.3, 0.4) is 0 Å². The monoisotopic (exact) mass is 259 g/mol. The molecule has 5 heteroatoms. The maximum Gasteiger partial charge on any atom is 0.410 e. The molecule has 1 heterocycles. The van der Waals surface area contributed by atoms with Gasteiger partial charge >= 0.3 is 6.09 Å². The minimum atomic E-state index is -0.459. The Morgan fingerprint density at radius 1 is 1.44 bits per heavy atom. The van der Waals surface area contributed by atoms with Gasteiger partial charge < -0.3 is 19.1 Å². The first-order valence-electron chi connectivity index (χ1n) is 6.49. The molecule has 0 radical (unpaired) electrons. The van der Waals surface area contributed by atoms with E-state index in [1.165, 1.54) is 0 Å². The van der Waals surface area contributed by atoms with E-state index in [2.05, 4.69) is 0 Å². The van der Waals surface area contributed by atoms with Crippen molar-refractivity contribution in [3.05, 3.63) is 0 Å². The van der Waals surface area contributed by atoms with Gasteiger partial charge in [0.2, 0.25) is 0 Å². The molecule has 0 aromatic carbocycles. The summed E-state index contributed by atoms with van der Waals surface area (Å²) in [5.74, 6) is 0. The fraction of sp³-hybridized carbons (Fsp3) is 0.923. The molecule has 18 heavy (non-hydrogen) atoms. The van der Waals surface area contributed by atoms with E-state index in [1.54, 1.807) is 4.90 Å². The van der Waals surface area contributed by atoms with Crippen LogP contribution in [0.4, 0.5) is 4.79 Å². The third kappa shape index (κ3) is 5.69. The average molecular weight is 259 g/mol. The van der Waals surface area contributed by atoms with Crippen molar-refractivity contribution in [1.29, 1.82) is 0 Å². The molecule has 0 saturated carbocycles. The molecule has 0 aromatic rings. The van der Waals surface area contributed by atoms with Crippen LogP contribution >= 0.6 is 0 Å². The Labute approximate surface area is 109 Å². The Hall–Kier alpha value is -0.810. The molecule has 0 N–H and O–H groups in total. The van der Waals surface area contributed by atoms with Gasteiger partial charge in [-0.15, -0.1) is 0 Å². The van der Waals surface area contributed by atoms with E-state index in [1.807, 2.05) is 34.6 Å². The number of morpholine rings is 1. The summed E-state index contributed by atoms with van der Waals surface area (Å²) in [7, 11) is 0. The van der Waals surface area contributed by atoms with Gasteiger partial charge in [0.25, 0.3) is 0 Å². The lowest BCUT2D eigenvalue weighted by Gasteiger charge is -2.34. The maximum absolute atomic E-state index is 11.9. The zero-order valence-corrected chi connectivity index (χ0v) is 12.1. The van der Waals surface area contributed by atoms with E-state index in [4.69, 9.17) is 14.2 Å². The molecular weight excluding hydrogens is 234 g/mol. The number of nitrogens with zero attached hydrogens (tertiary/aromatic N) is 1. The van der Waals surface area contributed by atoms with Crippen molar-refractivity contribution in [2.45, 2.75) is 52.4 Å². The lowest BCUT2D eigenvalue weighted by atomic mass is 10.2. The van der Waals surface area contributed by atoms with E-state index in [-0.39, 0.29) is 18.3 Å². The van der Waals surface area contributed by atoms with Gasteiger partial charge in [-0.25, -0.2) is 4.79 Å². The normalized spacial score (nSPS) is 21.2. The summed E-state index contributed by atoms with van der Waals surface area (Å²) in [6.45, 7) is 11.7. The second kappa shape index (κ2) is 6.38. The summed E-state index contributed by atoms with van der Waals surface area (Å²) < 4.78 is 16.4. The van der Waals surface area contributed by atoms with Crippen LogP contribution in [-0.4, -0.2) is 55.1 Å². The zero-order valence-electron chi connectivity index (χ0n) is 12.1. The molecule has 1 rings (SSSR count). The molecule has 1 aliphatic rings. The Morgan fingerprint density at radius 3 is 2.67 bits per heavy atom. The molecule has 0 bridgehead atoms. The topological polar surface area (TPSA) is 48.0 Å². The minimum absolute atomic E-state index is 0.0614. The van der Waals surface area contributed by atoms with E-state index in [0.717, 1.165) is 0 Å². The number of amides is 1. The fourth-order valence-electron chi connectivity index (χ4n) is 1.61. The lowest BCUT2D eigenvalue weighted by molar-refractivity contribution is -0.0814. The highest BCUT2D eigenvalue weighted by Gasteiger charge is 2.28. The van der Waals surface area contributed by atoms with Crippen LogP contribution in [-0.2, 0) is 14.2 Å². The lowest BCUT2D eigenvalue weighted by Crippen LogP contribution is -2.49. The Kier molecular flexibility index (Phi) is 5.41. The molecule has 1 saturated heterocycles. The van der Waals surface area contributed by atoms with Gasteiger partial charge in [-0.2, -0.15) is 0 Å². The van der Waals surface area contributed by atoms with Gasteiger partial charge in [0.15, 0.2) is 0 Å². The predicted molar refractivity (Wildman–Crippen MR) is 68.6 cm³/mol. The highest BCUT2D eigenvalue weighted by Crippen LogP contribution is 2.13. The van der Waals surface area contributed by atoms with Crippen LogP contribution in [0, 0.1) is 0 Å². The van der Waals surface area contributed by atoms with Crippen LogP contribution in [0.15, 0.2) is 0 Å². The number of ether oxygens (including phenoxy) is 3. The predicted octanol–water partition coefficient (Wildman–Crippen LogP) is 2.05. The number of rotatable bonds is 3. The van der Waals surface area contributed by atoms with Crippen molar-refractivity contribution < 1.29 is 19.0 Å². The van der Waals surface area contributed by atoms with Gasteiger partial charge in [-0.1, -0.05) is 0 Å². The van der Waals surface area contributed by atoms with Crippen molar-refractivity contribution in [3.63, 3.8) is 0 Å². The Bertz CT molecular complexity index is 273. The van der Waals surface area contributed by atoms with E-state index in [0.29, 0.717) is 26.3 Å². The third-order valence-electron chi connectivity index (χ3n) is 2.41. The van der Waals surface area contributed by atoms with E-state index < -0.39 is 5.60 Å². The van der Waals surface area contributed by atoms with Gasteiger partial charge in [0.05, 0.1) is 32.0 Å². The second-order valence-corrected chi connectivity index (χ2v) is 5.80. The van der Waals surface area contributed by atoms with Gasteiger partial charge in [0, 0.05) is 6.54 Å². The van der Waals surface area contributed by atoms with Crippen LogP contribution in [0.5, 0.6) is 0 Å². The smallest absolute Gasteiger partial charge is 0.410 e. The molecule has 1 fully saturated rings. The zero-order chi connectivity index (χ0) is 13.8. The second-order valence-electron chi connectivity index (χ2n) is 5.80. The molecular formula is C13H25NO4. The quantitative estimate of drug-likeness (QED) is 0.778. The molecule has 1 atom stereocenters. The van der Waals surface area contributed by atoms with Crippen molar-refractivity contribution in [2.24, 2.45) is 0 Å². The van der Waals surface area contributed by atoms with Crippen molar-refractivity contribution in [2.75, 3.05) is 26.3 Å². The first-order chi connectivity index (χ1) is 8.28. The first-order valence-corrected chi connectivity index (χ1v) is 6.49. The summed E-state index contributed by atoms with van der Waals surface area (Å²) in [6, 6.07) is 0. The number of carbonyl (C=O) groups is 1. The SMILES string of the molecule is CC(C)OCC1CN(C(=O)OC(C)(C)C)CCO1. The van der Waals surface area contributed by atoms with E-state index in [9.17, 15) is 4.79 Å². The summed E-state index contributed by atoms with van der Waals surface area (Å²) in [6.07, 6.45) is -0.167. The largest absolute Gasteiger partial charge is 0.444 e. The van der Waals surface area contributed by atoms with Crippen LogP contribution < -0.4 is 0 Å². The first kappa shape index (κ1) is 15.2. The minimum Gasteiger partial charge on any atom is -0.444 e. The molecule has 0 aliphatic carbocycles. The van der Waals surface area contributed by atoms with E-state index >= 15 is 0 Å². The Morgan fingerprint density at radius 2 is 2.11 bits per heavy atom. The molecule has 1 unspecified atom stereocenters. The van der Waals surface area contributed by atoms with Crippen molar-refractivity contribution >= 4 is 6.09 Å². The number of hydrogen-bond donors (Lipinski definition) is 0. The molecule has 1 aliphatic heterocycles. The van der Waals surface area contributed by atoms with Crippen molar-refractivity contribution in [1.82, 2.24) is 4.90 Å². The Balaban J connectivity index is 2.40.